The summed E-state index contributed by atoms with van der Waals surface area (Å²) in [7, 11) is 0. The van der Waals surface area contributed by atoms with E-state index >= 15 is 0 Å². The van der Waals surface area contributed by atoms with Gasteiger partial charge in [-0.05, 0) is 55.0 Å². The van der Waals surface area contributed by atoms with E-state index in [1.54, 1.807) is 23.1 Å². The van der Waals surface area contributed by atoms with E-state index in [4.69, 9.17) is 13.9 Å². The molecule has 0 bridgehead atoms. The molecule has 3 aromatic rings. The van der Waals surface area contributed by atoms with Gasteiger partial charge in [0, 0.05) is 13.2 Å². The molecule has 3 heterocycles. The Labute approximate surface area is 193 Å². The fourth-order valence-corrected chi connectivity index (χ4v) is 4.70. The van der Waals surface area contributed by atoms with Crippen molar-refractivity contribution in [3.63, 3.8) is 0 Å². The Kier molecular flexibility index (Phi) is 5.94. The van der Waals surface area contributed by atoms with Crippen LogP contribution in [0.15, 0.2) is 57.7 Å². The van der Waals surface area contributed by atoms with E-state index in [-0.39, 0.29) is 23.2 Å². The molecule has 1 amide bonds. The summed E-state index contributed by atoms with van der Waals surface area (Å²) in [5.74, 6) is 1.15. The maximum Gasteiger partial charge on any atom is 0.291 e. The number of para-hydroxylation sites is 1. The van der Waals surface area contributed by atoms with Gasteiger partial charge in [0.25, 0.3) is 5.91 Å². The van der Waals surface area contributed by atoms with Gasteiger partial charge in [0.15, 0.2) is 5.43 Å². The minimum absolute atomic E-state index is 0.0410. The van der Waals surface area contributed by atoms with Crippen molar-refractivity contribution in [1.29, 1.82) is 0 Å². The monoisotopic (exact) mass is 447 g/mol. The van der Waals surface area contributed by atoms with E-state index < -0.39 is 6.04 Å². The smallest absolute Gasteiger partial charge is 0.291 e. The summed E-state index contributed by atoms with van der Waals surface area (Å²) in [6, 6.07) is 14.3. The lowest BCUT2D eigenvalue weighted by Crippen LogP contribution is -2.36. The number of carbonyl (C=O) groups is 1. The molecule has 0 spiro atoms. The van der Waals surface area contributed by atoms with Gasteiger partial charge >= 0.3 is 0 Å². The molecule has 0 saturated carbocycles. The second-order valence-electron chi connectivity index (χ2n) is 9.27. The molecule has 1 fully saturated rings. The van der Waals surface area contributed by atoms with E-state index in [1.165, 1.54) is 0 Å². The highest BCUT2D eigenvalue weighted by Crippen LogP contribution is 2.39. The standard InChI is InChI=1S/C27H29NO5/c1-17(2)12-14-32-19-8-5-7-18(15-19)24-23-25(29)21-10-3-4-11-22(21)33-26(23)27(30)28(24)16-20-9-6-13-31-20/h3-5,7-8,10-11,15,17,20,24H,6,9,12-14,16H2,1-2H3/t20-,24-/m0/s1. The van der Waals surface area contributed by atoms with Gasteiger partial charge in [0.2, 0.25) is 5.76 Å². The van der Waals surface area contributed by atoms with E-state index in [1.807, 2.05) is 30.3 Å². The zero-order valence-electron chi connectivity index (χ0n) is 19.1. The Balaban J connectivity index is 1.58. The summed E-state index contributed by atoms with van der Waals surface area (Å²) in [4.78, 5) is 28.8. The third kappa shape index (κ3) is 4.15. The summed E-state index contributed by atoms with van der Waals surface area (Å²) in [6.45, 7) is 6.06. The van der Waals surface area contributed by atoms with Crippen molar-refractivity contribution in [3.8, 4) is 5.75 Å². The minimum Gasteiger partial charge on any atom is -0.494 e. The average Bonchev–Trinajstić information content (AvgIpc) is 3.41. The molecule has 1 saturated heterocycles. The number of hydrogen-bond donors (Lipinski definition) is 0. The number of fused-ring (bicyclic) bond motifs is 2. The minimum atomic E-state index is -0.536. The second kappa shape index (κ2) is 9.02. The average molecular weight is 448 g/mol. The molecule has 1 aromatic heterocycles. The first-order valence-corrected chi connectivity index (χ1v) is 11.7. The van der Waals surface area contributed by atoms with Crippen LogP contribution in [0.1, 0.15) is 60.8 Å². The molecule has 0 radical (unpaired) electrons. The number of hydrogen-bond acceptors (Lipinski definition) is 5. The fraction of sp³-hybridized carbons (Fsp3) is 0.407. The Morgan fingerprint density at radius 1 is 1.12 bits per heavy atom. The lowest BCUT2D eigenvalue weighted by atomic mass is 9.98. The lowest BCUT2D eigenvalue weighted by Gasteiger charge is -2.27. The Bertz CT molecular complexity index is 1220. The molecule has 0 N–H and O–H groups in total. The third-order valence-corrected chi connectivity index (χ3v) is 6.44. The summed E-state index contributed by atoms with van der Waals surface area (Å²) in [6.07, 6.45) is 2.79. The first-order valence-electron chi connectivity index (χ1n) is 11.7. The number of rotatable bonds is 7. The molecule has 2 aliphatic rings. The van der Waals surface area contributed by atoms with Crippen molar-refractivity contribution in [2.75, 3.05) is 19.8 Å². The second-order valence-corrected chi connectivity index (χ2v) is 9.27. The number of ether oxygens (including phenoxy) is 2. The summed E-state index contributed by atoms with van der Waals surface area (Å²) in [5.41, 5.74) is 1.50. The van der Waals surface area contributed by atoms with Crippen LogP contribution < -0.4 is 10.2 Å². The summed E-state index contributed by atoms with van der Waals surface area (Å²) in [5, 5.41) is 0.484. The van der Waals surface area contributed by atoms with Crippen LogP contribution in [0, 0.1) is 5.92 Å². The largest absolute Gasteiger partial charge is 0.494 e. The molecular formula is C27H29NO5. The van der Waals surface area contributed by atoms with E-state index in [2.05, 4.69) is 13.8 Å². The Morgan fingerprint density at radius 2 is 1.97 bits per heavy atom. The van der Waals surface area contributed by atoms with Crippen molar-refractivity contribution in [2.45, 2.75) is 45.3 Å². The predicted octanol–water partition coefficient (Wildman–Crippen LogP) is 4.94. The number of carbonyl (C=O) groups excluding carboxylic acids is 1. The molecule has 2 atom stereocenters. The van der Waals surface area contributed by atoms with Crippen molar-refractivity contribution in [1.82, 2.24) is 4.90 Å². The van der Waals surface area contributed by atoms with Gasteiger partial charge in [0.1, 0.15) is 11.3 Å². The van der Waals surface area contributed by atoms with Crippen LogP contribution in [0.4, 0.5) is 0 Å². The first kappa shape index (κ1) is 21.7. The van der Waals surface area contributed by atoms with E-state index in [0.717, 1.165) is 30.6 Å². The van der Waals surface area contributed by atoms with E-state index in [0.29, 0.717) is 42.2 Å². The highest BCUT2D eigenvalue weighted by atomic mass is 16.5. The van der Waals surface area contributed by atoms with Crippen LogP contribution in [-0.4, -0.2) is 36.7 Å². The zero-order chi connectivity index (χ0) is 22.9. The highest BCUT2D eigenvalue weighted by molar-refractivity contribution is 5.99. The van der Waals surface area contributed by atoms with Gasteiger partial charge in [-0.3, -0.25) is 9.59 Å². The number of nitrogens with zero attached hydrogens (tertiary/aromatic N) is 1. The van der Waals surface area contributed by atoms with Crippen LogP contribution in [0.25, 0.3) is 11.0 Å². The highest BCUT2D eigenvalue weighted by Gasteiger charge is 2.44. The van der Waals surface area contributed by atoms with Gasteiger partial charge in [-0.2, -0.15) is 0 Å². The van der Waals surface area contributed by atoms with Crippen LogP contribution >= 0.6 is 0 Å². The molecule has 33 heavy (non-hydrogen) atoms. The molecule has 6 nitrogen and oxygen atoms in total. The number of benzene rings is 2. The van der Waals surface area contributed by atoms with Crippen molar-refractivity contribution < 1.29 is 18.7 Å². The van der Waals surface area contributed by atoms with Crippen LogP contribution in [0.5, 0.6) is 5.75 Å². The maximum atomic E-state index is 13.6. The third-order valence-electron chi connectivity index (χ3n) is 6.44. The summed E-state index contributed by atoms with van der Waals surface area (Å²) >= 11 is 0. The molecule has 0 aliphatic carbocycles. The predicted molar refractivity (Wildman–Crippen MR) is 126 cm³/mol. The van der Waals surface area contributed by atoms with Crippen molar-refractivity contribution >= 4 is 16.9 Å². The molecular weight excluding hydrogens is 418 g/mol. The summed E-state index contributed by atoms with van der Waals surface area (Å²) < 4.78 is 17.8. The van der Waals surface area contributed by atoms with Crippen LogP contribution in [0.3, 0.4) is 0 Å². The quantitative estimate of drug-likeness (QED) is 0.513. The fourth-order valence-electron chi connectivity index (χ4n) is 4.70. The van der Waals surface area contributed by atoms with E-state index in [9.17, 15) is 9.59 Å². The topological polar surface area (TPSA) is 69.0 Å². The van der Waals surface area contributed by atoms with Gasteiger partial charge in [-0.25, -0.2) is 0 Å². The molecule has 0 unspecified atom stereocenters. The van der Waals surface area contributed by atoms with Crippen molar-refractivity contribution in [3.05, 3.63) is 75.6 Å². The van der Waals surface area contributed by atoms with Gasteiger partial charge < -0.3 is 18.8 Å². The van der Waals surface area contributed by atoms with Gasteiger partial charge in [0.05, 0.1) is 29.7 Å². The number of amides is 1. The maximum absolute atomic E-state index is 13.6. The molecule has 172 valence electrons. The normalized spacial score (nSPS) is 20.1. The molecule has 2 aliphatic heterocycles. The molecule has 2 aromatic carbocycles. The SMILES string of the molecule is CC(C)CCOc1cccc([C@H]2c3c(oc4ccccc4c3=O)C(=O)N2C[C@@H]2CCCO2)c1. The Morgan fingerprint density at radius 3 is 2.76 bits per heavy atom. The molecule has 6 heteroatoms. The van der Waals surface area contributed by atoms with Crippen molar-refractivity contribution in [2.24, 2.45) is 5.92 Å². The van der Waals surface area contributed by atoms with Crippen LogP contribution in [0.2, 0.25) is 0 Å². The Hall–Kier alpha value is -3.12. The van der Waals surface area contributed by atoms with Gasteiger partial charge in [-0.1, -0.05) is 38.1 Å². The first-order chi connectivity index (χ1) is 16.0. The van der Waals surface area contributed by atoms with Gasteiger partial charge in [-0.15, -0.1) is 0 Å². The lowest BCUT2D eigenvalue weighted by molar-refractivity contribution is 0.0486. The van der Waals surface area contributed by atoms with Crippen LogP contribution in [-0.2, 0) is 4.74 Å². The molecule has 5 rings (SSSR count). The zero-order valence-corrected chi connectivity index (χ0v) is 19.1.